The van der Waals surface area contributed by atoms with Gasteiger partial charge < -0.3 is 9.55 Å². The van der Waals surface area contributed by atoms with Crippen molar-refractivity contribution in [1.29, 1.82) is 5.41 Å². The van der Waals surface area contributed by atoms with Gasteiger partial charge in [0.15, 0.2) is 11.1 Å². The molecular formula is C21H18Br2N6. The number of aromatic nitrogens is 5. The van der Waals surface area contributed by atoms with E-state index >= 15 is 0 Å². The van der Waals surface area contributed by atoms with E-state index in [0.717, 1.165) is 38.7 Å². The van der Waals surface area contributed by atoms with E-state index in [2.05, 4.69) is 65.0 Å². The Morgan fingerprint density at radius 3 is 2.62 bits per heavy atom. The van der Waals surface area contributed by atoms with Gasteiger partial charge in [0, 0.05) is 32.5 Å². The zero-order valence-corrected chi connectivity index (χ0v) is 18.7. The fraction of sp³-hybridized carbons (Fsp3) is 0.238. The Kier molecular flexibility index (Phi) is 4.83. The van der Waals surface area contributed by atoms with Crippen molar-refractivity contribution in [2.45, 2.75) is 32.2 Å². The average molecular weight is 514 g/mol. The van der Waals surface area contributed by atoms with Crippen molar-refractivity contribution in [1.82, 2.24) is 24.5 Å². The highest BCUT2D eigenvalue weighted by Gasteiger charge is 2.15. The SMILES string of the molecule is N=c1ncn(Cc2c(Br)cncc2Br)c2nc(-c3ccc4c(c3)CCCC4)[nH]c12. The van der Waals surface area contributed by atoms with Crippen LogP contribution in [0.25, 0.3) is 22.6 Å². The lowest BCUT2D eigenvalue weighted by Crippen LogP contribution is -2.13. The molecule has 0 fully saturated rings. The van der Waals surface area contributed by atoms with Gasteiger partial charge in [0.25, 0.3) is 0 Å². The van der Waals surface area contributed by atoms with Crippen LogP contribution in [0.1, 0.15) is 29.5 Å². The third kappa shape index (κ3) is 3.44. The Hall–Kier alpha value is -2.32. The predicted octanol–water partition coefficient (Wildman–Crippen LogP) is 4.75. The number of imidazole rings is 1. The van der Waals surface area contributed by atoms with Crippen molar-refractivity contribution in [2.24, 2.45) is 0 Å². The number of pyridine rings is 1. The first kappa shape index (κ1) is 18.7. The summed E-state index contributed by atoms with van der Waals surface area (Å²) in [7, 11) is 0. The molecule has 1 aromatic carbocycles. The molecule has 1 aliphatic rings. The molecule has 1 aliphatic carbocycles. The average Bonchev–Trinajstić information content (AvgIpc) is 3.19. The Balaban J connectivity index is 1.61. The minimum atomic E-state index is 0.195. The number of hydrogen-bond donors (Lipinski definition) is 2. The smallest absolute Gasteiger partial charge is 0.173 e. The van der Waals surface area contributed by atoms with Crippen LogP contribution >= 0.6 is 31.9 Å². The van der Waals surface area contributed by atoms with Crippen molar-refractivity contribution in [3.63, 3.8) is 0 Å². The molecule has 146 valence electrons. The molecular weight excluding hydrogens is 496 g/mol. The number of fused-ring (bicyclic) bond motifs is 2. The molecule has 8 heteroatoms. The summed E-state index contributed by atoms with van der Waals surface area (Å²) in [6, 6.07) is 6.58. The van der Waals surface area contributed by atoms with Crippen LogP contribution in [0, 0.1) is 5.41 Å². The number of hydrogen-bond acceptors (Lipinski definition) is 4. The standard InChI is InChI=1S/C21H18Br2N6/c22-16-8-25-9-17(23)15(16)10-29-11-26-19(24)18-21(29)28-20(27-18)14-6-5-12-3-1-2-4-13(12)7-14/h5-9,11,24H,1-4,10H2,(H,27,28). The zero-order valence-electron chi connectivity index (χ0n) is 15.5. The van der Waals surface area contributed by atoms with E-state index in [4.69, 9.17) is 10.4 Å². The van der Waals surface area contributed by atoms with Gasteiger partial charge in [-0.3, -0.25) is 10.4 Å². The topological polar surface area (TPSA) is 83.2 Å². The summed E-state index contributed by atoms with van der Waals surface area (Å²) < 4.78 is 3.78. The Bertz CT molecular complexity index is 1270. The van der Waals surface area contributed by atoms with Crippen molar-refractivity contribution >= 4 is 43.0 Å². The summed E-state index contributed by atoms with van der Waals surface area (Å²) in [5.74, 6) is 0.775. The van der Waals surface area contributed by atoms with E-state index in [1.807, 2.05) is 4.57 Å². The van der Waals surface area contributed by atoms with Gasteiger partial charge in [-0.15, -0.1) is 0 Å². The molecule has 0 saturated carbocycles. The van der Waals surface area contributed by atoms with E-state index in [-0.39, 0.29) is 5.49 Å². The summed E-state index contributed by atoms with van der Waals surface area (Å²) in [5.41, 5.74) is 6.51. The Labute approximate surface area is 184 Å². The molecule has 4 aromatic rings. The monoisotopic (exact) mass is 512 g/mol. The summed E-state index contributed by atoms with van der Waals surface area (Å²) in [5, 5.41) is 8.23. The van der Waals surface area contributed by atoms with Crippen LogP contribution < -0.4 is 5.49 Å². The van der Waals surface area contributed by atoms with Crippen LogP contribution in [0.3, 0.4) is 0 Å². The first-order chi connectivity index (χ1) is 14.1. The third-order valence-corrected chi connectivity index (χ3v) is 6.79. The second-order valence-corrected chi connectivity index (χ2v) is 8.99. The molecule has 3 aromatic heterocycles. The number of nitrogens with one attached hydrogen (secondary N) is 2. The zero-order chi connectivity index (χ0) is 20.0. The molecule has 0 bridgehead atoms. The molecule has 6 nitrogen and oxygen atoms in total. The number of nitrogens with zero attached hydrogens (tertiary/aromatic N) is 4. The maximum Gasteiger partial charge on any atom is 0.173 e. The molecule has 0 atom stereocenters. The Morgan fingerprint density at radius 2 is 1.83 bits per heavy atom. The number of halogens is 2. The second kappa shape index (κ2) is 7.50. The molecule has 0 unspecified atom stereocenters. The van der Waals surface area contributed by atoms with Crippen molar-refractivity contribution in [3.05, 3.63) is 68.0 Å². The number of aryl methyl sites for hydroxylation is 2. The molecule has 0 radical (unpaired) electrons. The van der Waals surface area contributed by atoms with Gasteiger partial charge >= 0.3 is 0 Å². The van der Waals surface area contributed by atoms with Gasteiger partial charge in [-0.1, -0.05) is 12.1 Å². The lowest BCUT2D eigenvalue weighted by molar-refractivity contribution is 0.686. The first-order valence-electron chi connectivity index (χ1n) is 9.50. The van der Waals surface area contributed by atoms with E-state index in [9.17, 15) is 0 Å². The molecule has 0 aliphatic heterocycles. The van der Waals surface area contributed by atoms with Crippen LogP contribution in [-0.2, 0) is 19.4 Å². The number of benzene rings is 1. The maximum absolute atomic E-state index is 8.23. The molecule has 29 heavy (non-hydrogen) atoms. The predicted molar refractivity (Wildman–Crippen MR) is 119 cm³/mol. The van der Waals surface area contributed by atoms with Crippen LogP contribution in [0.2, 0.25) is 0 Å². The number of aromatic amines is 1. The molecule has 2 N–H and O–H groups in total. The normalized spacial score (nSPS) is 13.6. The second-order valence-electron chi connectivity index (χ2n) is 7.28. The quantitative estimate of drug-likeness (QED) is 0.414. The minimum Gasteiger partial charge on any atom is -0.334 e. The minimum absolute atomic E-state index is 0.195. The lowest BCUT2D eigenvalue weighted by Gasteiger charge is -2.15. The first-order valence-corrected chi connectivity index (χ1v) is 11.1. The van der Waals surface area contributed by atoms with Crippen molar-refractivity contribution in [2.75, 3.05) is 0 Å². The molecule has 5 rings (SSSR count). The fourth-order valence-corrected chi connectivity index (χ4v) is 5.06. The fourth-order valence-electron chi connectivity index (χ4n) is 3.88. The van der Waals surface area contributed by atoms with Crippen molar-refractivity contribution < 1.29 is 0 Å². The van der Waals surface area contributed by atoms with Crippen LogP contribution in [0.4, 0.5) is 0 Å². The van der Waals surface area contributed by atoms with Crippen molar-refractivity contribution in [3.8, 4) is 11.4 Å². The highest BCUT2D eigenvalue weighted by Crippen LogP contribution is 2.28. The summed E-state index contributed by atoms with van der Waals surface area (Å²) in [4.78, 5) is 16.6. The number of H-pyrrole nitrogens is 1. The summed E-state index contributed by atoms with van der Waals surface area (Å²) in [6.45, 7) is 0.557. The van der Waals surface area contributed by atoms with E-state index in [1.165, 1.54) is 24.0 Å². The van der Waals surface area contributed by atoms with Crippen LogP contribution in [0.5, 0.6) is 0 Å². The van der Waals surface area contributed by atoms with Crippen LogP contribution in [-0.4, -0.2) is 24.5 Å². The van der Waals surface area contributed by atoms with E-state index < -0.39 is 0 Å². The van der Waals surface area contributed by atoms with Gasteiger partial charge in [0.2, 0.25) is 0 Å². The summed E-state index contributed by atoms with van der Waals surface area (Å²) >= 11 is 7.14. The maximum atomic E-state index is 8.23. The molecule has 3 heterocycles. The van der Waals surface area contributed by atoms with Gasteiger partial charge in [-0.2, -0.15) is 0 Å². The lowest BCUT2D eigenvalue weighted by atomic mass is 9.90. The van der Waals surface area contributed by atoms with Crippen LogP contribution in [0.15, 0.2) is 45.9 Å². The van der Waals surface area contributed by atoms with Gasteiger partial charge in [0.05, 0.1) is 12.9 Å². The largest absolute Gasteiger partial charge is 0.334 e. The van der Waals surface area contributed by atoms with E-state index in [0.29, 0.717) is 17.7 Å². The Morgan fingerprint density at radius 1 is 1.07 bits per heavy atom. The molecule has 0 spiro atoms. The number of rotatable bonds is 3. The molecule has 0 saturated heterocycles. The molecule has 0 amide bonds. The van der Waals surface area contributed by atoms with Gasteiger partial charge in [-0.05, 0) is 74.7 Å². The highest BCUT2D eigenvalue weighted by molar-refractivity contribution is 9.11. The van der Waals surface area contributed by atoms with Gasteiger partial charge in [-0.25, -0.2) is 9.97 Å². The van der Waals surface area contributed by atoms with Gasteiger partial charge in [0.1, 0.15) is 11.3 Å². The highest BCUT2D eigenvalue weighted by atomic mass is 79.9. The third-order valence-electron chi connectivity index (χ3n) is 5.42. The van der Waals surface area contributed by atoms with E-state index in [1.54, 1.807) is 18.7 Å². The summed E-state index contributed by atoms with van der Waals surface area (Å²) in [6.07, 6.45) is 10.0.